The van der Waals surface area contributed by atoms with Crippen molar-refractivity contribution in [3.8, 4) is 0 Å². The van der Waals surface area contributed by atoms with E-state index < -0.39 is 0 Å². The van der Waals surface area contributed by atoms with Gasteiger partial charge in [0, 0.05) is 12.5 Å². The summed E-state index contributed by atoms with van der Waals surface area (Å²) >= 11 is 0. The second-order valence-corrected chi connectivity index (χ2v) is 5.10. The van der Waals surface area contributed by atoms with E-state index in [1.54, 1.807) is 4.90 Å². The molecule has 3 atom stereocenters. The molecule has 17 heavy (non-hydrogen) atoms. The summed E-state index contributed by atoms with van der Waals surface area (Å²) in [5.74, 6) is 1.15. The zero-order valence-corrected chi connectivity index (χ0v) is 10.9. The summed E-state index contributed by atoms with van der Waals surface area (Å²) in [7, 11) is 1.44. The van der Waals surface area contributed by atoms with Crippen molar-refractivity contribution < 1.29 is 14.3 Å². The molecule has 4 heteroatoms. The van der Waals surface area contributed by atoms with Gasteiger partial charge in [0.1, 0.15) is 6.23 Å². The lowest BCUT2D eigenvalue weighted by molar-refractivity contribution is -0.0503. The van der Waals surface area contributed by atoms with Gasteiger partial charge in [0.15, 0.2) is 0 Å². The van der Waals surface area contributed by atoms with Crippen LogP contribution in [0.2, 0.25) is 0 Å². The predicted molar refractivity (Wildman–Crippen MR) is 64.6 cm³/mol. The molecule has 0 bridgehead atoms. The number of carbonyl (C=O) groups is 1. The molecule has 0 aromatic heterocycles. The van der Waals surface area contributed by atoms with Crippen LogP contribution in [-0.4, -0.2) is 37.5 Å². The SMILES string of the molecule is CCCC[C@H]1CO[C@H]2[C@@H]1CCCN2C(=O)OC. The van der Waals surface area contributed by atoms with Gasteiger partial charge >= 0.3 is 6.09 Å². The highest BCUT2D eigenvalue weighted by Crippen LogP contribution is 2.39. The van der Waals surface area contributed by atoms with Crippen molar-refractivity contribution in [3.05, 3.63) is 0 Å². The molecule has 98 valence electrons. The van der Waals surface area contributed by atoms with Crippen molar-refractivity contribution in [2.75, 3.05) is 20.3 Å². The first kappa shape index (κ1) is 12.7. The standard InChI is InChI=1S/C13H23NO3/c1-3-4-6-10-9-17-12-11(10)7-5-8-14(12)13(15)16-2/h10-12H,3-9H2,1-2H3/t10-,11+,12-/m0/s1. The molecule has 1 amide bonds. The number of fused-ring (bicyclic) bond motifs is 1. The number of piperidine rings is 1. The Hall–Kier alpha value is -0.770. The van der Waals surface area contributed by atoms with Gasteiger partial charge in [0.2, 0.25) is 0 Å². The quantitative estimate of drug-likeness (QED) is 0.762. The van der Waals surface area contributed by atoms with E-state index in [4.69, 9.17) is 9.47 Å². The van der Waals surface area contributed by atoms with Crippen LogP contribution in [0.15, 0.2) is 0 Å². The fraction of sp³-hybridized carbons (Fsp3) is 0.923. The van der Waals surface area contributed by atoms with Gasteiger partial charge in [-0.1, -0.05) is 19.8 Å². The zero-order chi connectivity index (χ0) is 12.3. The van der Waals surface area contributed by atoms with Crippen molar-refractivity contribution >= 4 is 6.09 Å². The third-order valence-electron chi connectivity index (χ3n) is 4.03. The highest BCUT2D eigenvalue weighted by atomic mass is 16.6. The van der Waals surface area contributed by atoms with Crippen LogP contribution in [0.25, 0.3) is 0 Å². The minimum atomic E-state index is -0.240. The van der Waals surface area contributed by atoms with E-state index in [0.717, 1.165) is 19.6 Å². The van der Waals surface area contributed by atoms with Gasteiger partial charge in [-0.2, -0.15) is 0 Å². The van der Waals surface area contributed by atoms with Gasteiger partial charge in [0.05, 0.1) is 13.7 Å². The largest absolute Gasteiger partial charge is 0.453 e. The van der Waals surface area contributed by atoms with E-state index >= 15 is 0 Å². The molecule has 0 aromatic carbocycles. The number of likely N-dealkylation sites (tertiary alicyclic amines) is 1. The van der Waals surface area contributed by atoms with E-state index in [0.29, 0.717) is 11.8 Å². The molecule has 0 spiro atoms. The molecule has 0 radical (unpaired) electrons. The molecule has 2 rings (SSSR count). The number of amides is 1. The summed E-state index contributed by atoms with van der Waals surface area (Å²) in [6.45, 7) is 3.80. The number of unbranched alkanes of at least 4 members (excludes halogenated alkanes) is 1. The lowest BCUT2D eigenvalue weighted by atomic mass is 9.84. The number of ether oxygens (including phenoxy) is 2. The molecular weight excluding hydrogens is 218 g/mol. The van der Waals surface area contributed by atoms with Crippen LogP contribution in [0.4, 0.5) is 4.79 Å². The number of hydrogen-bond acceptors (Lipinski definition) is 3. The molecule has 0 saturated carbocycles. The monoisotopic (exact) mass is 241 g/mol. The lowest BCUT2D eigenvalue weighted by Crippen LogP contribution is -2.47. The Bertz CT molecular complexity index is 269. The first-order valence-electron chi connectivity index (χ1n) is 6.74. The minimum Gasteiger partial charge on any atom is -0.453 e. The number of carbonyl (C=O) groups excluding carboxylic acids is 1. The maximum absolute atomic E-state index is 11.7. The van der Waals surface area contributed by atoms with Crippen LogP contribution in [0.3, 0.4) is 0 Å². The molecule has 2 aliphatic rings. The van der Waals surface area contributed by atoms with Gasteiger partial charge in [-0.3, -0.25) is 4.90 Å². The first-order chi connectivity index (χ1) is 8.27. The van der Waals surface area contributed by atoms with E-state index in [1.165, 1.54) is 32.8 Å². The zero-order valence-electron chi connectivity index (χ0n) is 10.9. The maximum Gasteiger partial charge on any atom is 0.411 e. The van der Waals surface area contributed by atoms with Crippen molar-refractivity contribution in [2.24, 2.45) is 11.8 Å². The molecule has 0 aliphatic carbocycles. The maximum atomic E-state index is 11.7. The lowest BCUT2D eigenvalue weighted by Gasteiger charge is -2.36. The van der Waals surface area contributed by atoms with Gasteiger partial charge in [0.25, 0.3) is 0 Å². The molecule has 2 saturated heterocycles. The Labute approximate surface area is 103 Å². The number of rotatable bonds is 3. The van der Waals surface area contributed by atoms with Crippen LogP contribution in [0, 0.1) is 11.8 Å². The van der Waals surface area contributed by atoms with Crippen LogP contribution < -0.4 is 0 Å². The Kier molecular flexibility index (Phi) is 4.26. The van der Waals surface area contributed by atoms with E-state index in [2.05, 4.69) is 6.92 Å². The second-order valence-electron chi connectivity index (χ2n) is 5.10. The summed E-state index contributed by atoms with van der Waals surface area (Å²) in [6, 6.07) is 0. The summed E-state index contributed by atoms with van der Waals surface area (Å²) in [5, 5.41) is 0. The van der Waals surface area contributed by atoms with Crippen LogP contribution in [0.5, 0.6) is 0 Å². The summed E-state index contributed by atoms with van der Waals surface area (Å²) in [4.78, 5) is 13.4. The van der Waals surface area contributed by atoms with E-state index in [-0.39, 0.29) is 12.3 Å². The molecule has 2 aliphatic heterocycles. The third-order valence-corrected chi connectivity index (χ3v) is 4.03. The van der Waals surface area contributed by atoms with Crippen molar-refractivity contribution in [1.29, 1.82) is 0 Å². The van der Waals surface area contributed by atoms with Gasteiger partial charge in [-0.05, 0) is 25.2 Å². The van der Waals surface area contributed by atoms with Crippen LogP contribution >= 0.6 is 0 Å². The minimum absolute atomic E-state index is 0.0296. The number of hydrogen-bond donors (Lipinski definition) is 0. The normalized spacial score (nSPS) is 32.4. The molecule has 0 unspecified atom stereocenters. The molecular formula is C13H23NO3. The molecule has 4 nitrogen and oxygen atoms in total. The molecule has 2 heterocycles. The smallest absolute Gasteiger partial charge is 0.411 e. The second kappa shape index (κ2) is 5.71. The molecule has 0 aromatic rings. The summed E-state index contributed by atoms with van der Waals surface area (Å²) < 4.78 is 10.6. The van der Waals surface area contributed by atoms with Crippen LogP contribution in [-0.2, 0) is 9.47 Å². The topological polar surface area (TPSA) is 38.8 Å². The fourth-order valence-electron chi connectivity index (χ4n) is 3.10. The number of nitrogens with zero attached hydrogens (tertiary/aromatic N) is 1. The Balaban J connectivity index is 1.97. The van der Waals surface area contributed by atoms with E-state index in [1.807, 2.05) is 0 Å². The Morgan fingerprint density at radius 1 is 1.53 bits per heavy atom. The van der Waals surface area contributed by atoms with E-state index in [9.17, 15) is 4.79 Å². The first-order valence-corrected chi connectivity index (χ1v) is 6.74. The highest BCUT2D eigenvalue weighted by Gasteiger charge is 2.44. The summed E-state index contributed by atoms with van der Waals surface area (Å²) in [6.07, 6.45) is 5.71. The van der Waals surface area contributed by atoms with Crippen molar-refractivity contribution in [2.45, 2.75) is 45.3 Å². The molecule has 0 N–H and O–H groups in total. The van der Waals surface area contributed by atoms with Crippen molar-refractivity contribution in [1.82, 2.24) is 4.90 Å². The van der Waals surface area contributed by atoms with Crippen LogP contribution in [0.1, 0.15) is 39.0 Å². The molecule has 2 fully saturated rings. The highest BCUT2D eigenvalue weighted by molar-refractivity contribution is 5.67. The number of methoxy groups -OCH3 is 1. The fourth-order valence-corrected chi connectivity index (χ4v) is 3.10. The van der Waals surface area contributed by atoms with Crippen molar-refractivity contribution in [3.63, 3.8) is 0 Å². The average Bonchev–Trinajstić information content (AvgIpc) is 2.78. The predicted octanol–water partition coefficient (Wildman–Crippen LogP) is 2.63. The van der Waals surface area contributed by atoms with Gasteiger partial charge in [-0.25, -0.2) is 4.79 Å². The third kappa shape index (κ3) is 2.57. The Morgan fingerprint density at radius 2 is 2.35 bits per heavy atom. The van der Waals surface area contributed by atoms with Gasteiger partial charge in [-0.15, -0.1) is 0 Å². The van der Waals surface area contributed by atoms with Gasteiger partial charge < -0.3 is 9.47 Å². The summed E-state index contributed by atoms with van der Waals surface area (Å²) in [5.41, 5.74) is 0. The average molecular weight is 241 g/mol. The Morgan fingerprint density at radius 3 is 3.06 bits per heavy atom.